The molecule has 0 amide bonds. The van der Waals surface area contributed by atoms with Crippen molar-refractivity contribution < 1.29 is 18.9 Å². The van der Waals surface area contributed by atoms with Crippen LogP contribution in [0.1, 0.15) is 11.3 Å². The fourth-order valence-corrected chi connectivity index (χ4v) is 2.57. The van der Waals surface area contributed by atoms with Crippen molar-refractivity contribution in [2.24, 2.45) is 0 Å². The summed E-state index contributed by atoms with van der Waals surface area (Å²) < 4.78 is 21.6. The van der Waals surface area contributed by atoms with Crippen LogP contribution in [0.15, 0.2) is 12.1 Å². The zero-order chi connectivity index (χ0) is 14.8. The van der Waals surface area contributed by atoms with Crippen LogP contribution in [0.25, 0.3) is 11.3 Å². The summed E-state index contributed by atoms with van der Waals surface area (Å²) in [6.45, 7) is 1.29. The number of nitrogens with zero attached hydrogens (tertiary/aromatic N) is 1. The molecule has 2 aromatic rings. The van der Waals surface area contributed by atoms with Gasteiger partial charge in [0.15, 0.2) is 11.5 Å². The lowest BCUT2D eigenvalue weighted by Gasteiger charge is -2.15. The number of ether oxygens (including phenoxy) is 4. The van der Waals surface area contributed by atoms with Crippen molar-refractivity contribution >= 4 is 0 Å². The molecule has 0 atom stereocenters. The first-order chi connectivity index (χ1) is 10.3. The second kappa shape index (κ2) is 5.65. The summed E-state index contributed by atoms with van der Waals surface area (Å²) in [4.78, 5) is 0. The Morgan fingerprint density at radius 1 is 1.10 bits per heavy atom. The van der Waals surface area contributed by atoms with Crippen molar-refractivity contribution in [1.82, 2.24) is 10.2 Å². The number of nitrogens with one attached hydrogen (secondary N) is 1. The summed E-state index contributed by atoms with van der Waals surface area (Å²) in [7, 11) is 4.79. The number of hydrogen-bond acceptors (Lipinski definition) is 5. The Morgan fingerprint density at radius 2 is 1.81 bits per heavy atom. The molecule has 0 bridgehead atoms. The number of fused-ring (bicyclic) bond motifs is 1. The molecule has 1 aliphatic rings. The number of H-pyrrole nitrogens is 1. The monoisotopic (exact) mass is 290 g/mol. The van der Waals surface area contributed by atoms with E-state index in [0.29, 0.717) is 23.9 Å². The third kappa shape index (κ3) is 2.31. The second-order valence-corrected chi connectivity index (χ2v) is 4.75. The second-order valence-electron chi connectivity index (χ2n) is 4.75. The van der Waals surface area contributed by atoms with E-state index in [0.717, 1.165) is 35.5 Å². The average Bonchev–Trinajstić information content (AvgIpc) is 2.97. The van der Waals surface area contributed by atoms with Crippen LogP contribution in [-0.2, 0) is 17.8 Å². The molecule has 6 heteroatoms. The normalized spacial score (nSPS) is 13.7. The number of aromatic nitrogens is 2. The predicted octanol–water partition coefficient (Wildman–Crippen LogP) is 2.18. The SMILES string of the molecule is COc1cc(-c2n[nH]c3c2COCC3)cc(OC)c1OC. The van der Waals surface area contributed by atoms with Crippen LogP contribution in [0, 0.1) is 0 Å². The third-order valence-electron chi connectivity index (χ3n) is 3.63. The maximum Gasteiger partial charge on any atom is 0.203 e. The van der Waals surface area contributed by atoms with Gasteiger partial charge in [-0.15, -0.1) is 0 Å². The summed E-state index contributed by atoms with van der Waals surface area (Å²) in [6, 6.07) is 3.79. The molecular weight excluding hydrogens is 272 g/mol. The average molecular weight is 290 g/mol. The van der Waals surface area contributed by atoms with E-state index < -0.39 is 0 Å². The largest absolute Gasteiger partial charge is 0.493 e. The number of benzene rings is 1. The van der Waals surface area contributed by atoms with Crippen LogP contribution >= 0.6 is 0 Å². The van der Waals surface area contributed by atoms with E-state index in [-0.39, 0.29) is 0 Å². The smallest absolute Gasteiger partial charge is 0.203 e. The lowest BCUT2D eigenvalue weighted by molar-refractivity contribution is 0.110. The molecule has 0 saturated heterocycles. The molecule has 0 aliphatic carbocycles. The standard InChI is InChI=1S/C15H18N2O4/c1-18-12-6-9(7-13(19-2)15(12)20-3)14-10-8-21-5-4-11(10)16-17-14/h6-7H,4-5,8H2,1-3H3,(H,16,17). The minimum atomic E-state index is 0.567. The summed E-state index contributed by atoms with van der Waals surface area (Å²) in [5.41, 5.74) is 4.00. The Balaban J connectivity index is 2.12. The molecule has 112 valence electrons. The van der Waals surface area contributed by atoms with Crippen LogP contribution in [-0.4, -0.2) is 38.1 Å². The zero-order valence-corrected chi connectivity index (χ0v) is 12.4. The van der Waals surface area contributed by atoms with Gasteiger partial charge in [-0.05, 0) is 12.1 Å². The van der Waals surface area contributed by atoms with E-state index in [1.807, 2.05) is 12.1 Å². The Hall–Kier alpha value is -2.21. The highest BCUT2D eigenvalue weighted by Gasteiger charge is 2.21. The third-order valence-corrected chi connectivity index (χ3v) is 3.63. The molecule has 3 rings (SSSR count). The quantitative estimate of drug-likeness (QED) is 0.935. The summed E-state index contributed by atoms with van der Waals surface area (Å²) in [5, 5.41) is 7.50. The van der Waals surface area contributed by atoms with Gasteiger partial charge in [-0.25, -0.2) is 0 Å². The van der Waals surface area contributed by atoms with Gasteiger partial charge in [0.1, 0.15) is 0 Å². The maximum atomic E-state index is 5.53. The van der Waals surface area contributed by atoms with Crippen LogP contribution in [0.4, 0.5) is 0 Å². The molecule has 2 heterocycles. The highest BCUT2D eigenvalue weighted by molar-refractivity contribution is 5.71. The molecule has 1 aromatic heterocycles. The first kappa shape index (κ1) is 13.8. The van der Waals surface area contributed by atoms with Gasteiger partial charge in [-0.2, -0.15) is 5.10 Å². The van der Waals surface area contributed by atoms with Gasteiger partial charge in [-0.1, -0.05) is 0 Å². The van der Waals surface area contributed by atoms with E-state index in [2.05, 4.69) is 10.2 Å². The van der Waals surface area contributed by atoms with Crippen molar-refractivity contribution in [1.29, 1.82) is 0 Å². The Morgan fingerprint density at radius 3 is 2.43 bits per heavy atom. The van der Waals surface area contributed by atoms with Gasteiger partial charge in [0.2, 0.25) is 5.75 Å². The molecule has 0 fully saturated rings. The molecule has 0 radical (unpaired) electrons. The fourth-order valence-electron chi connectivity index (χ4n) is 2.57. The Labute approximate surface area is 123 Å². The minimum absolute atomic E-state index is 0.567. The van der Waals surface area contributed by atoms with Crippen LogP contribution < -0.4 is 14.2 Å². The topological polar surface area (TPSA) is 65.6 Å². The molecule has 21 heavy (non-hydrogen) atoms. The van der Waals surface area contributed by atoms with Crippen LogP contribution in [0.5, 0.6) is 17.2 Å². The van der Waals surface area contributed by atoms with E-state index in [9.17, 15) is 0 Å². The Kier molecular flexibility index (Phi) is 3.70. The van der Waals surface area contributed by atoms with Crippen molar-refractivity contribution in [3.8, 4) is 28.5 Å². The summed E-state index contributed by atoms with van der Waals surface area (Å²) in [6.07, 6.45) is 0.854. The molecule has 1 N–H and O–H groups in total. The molecular formula is C15H18N2O4. The van der Waals surface area contributed by atoms with Gasteiger partial charge in [0, 0.05) is 23.2 Å². The number of rotatable bonds is 4. The Bertz CT molecular complexity index is 626. The van der Waals surface area contributed by atoms with E-state index in [1.54, 1.807) is 21.3 Å². The van der Waals surface area contributed by atoms with Crippen molar-refractivity contribution in [2.45, 2.75) is 13.0 Å². The minimum Gasteiger partial charge on any atom is -0.493 e. The number of aromatic amines is 1. The van der Waals surface area contributed by atoms with Crippen molar-refractivity contribution in [2.75, 3.05) is 27.9 Å². The van der Waals surface area contributed by atoms with E-state index in [4.69, 9.17) is 18.9 Å². The molecule has 6 nitrogen and oxygen atoms in total. The fraction of sp³-hybridized carbons (Fsp3) is 0.400. The van der Waals surface area contributed by atoms with Crippen molar-refractivity contribution in [3.05, 3.63) is 23.4 Å². The highest BCUT2D eigenvalue weighted by Crippen LogP contribution is 2.41. The van der Waals surface area contributed by atoms with Crippen LogP contribution in [0.3, 0.4) is 0 Å². The van der Waals surface area contributed by atoms with E-state index >= 15 is 0 Å². The predicted molar refractivity (Wildman–Crippen MR) is 77.0 cm³/mol. The summed E-state index contributed by atoms with van der Waals surface area (Å²) in [5.74, 6) is 1.80. The highest BCUT2D eigenvalue weighted by atomic mass is 16.5. The number of hydrogen-bond donors (Lipinski definition) is 1. The maximum absolute atomic E-state index is 5.53. The summed E-state index contributed by atoms with van der Waals surface area (Å²) >= 11 is 0. The van der Waals surface area contributed by atoms with Crippen LogP contribution in [0.2, 0.25) is 0 Å². The molecule has 0 saturated carbocycles. The van der Waals surface area contributed by atoms with Gasteiger partial charge < -0.3 is 18.9 Å². The molecule has 1 aromatic carbocycles. The lowest BCUT2D eigenvalue weighted by Crippen LogP contribution is -2.09. The molecule has 0 unspecified atom stereocenters. The van der Waals surface area contributed by atoms with Gasteiger partial charge in [-0.3, -0.25) is 5.10 Å². The van der Waals surface area contributed by atoms with Crippen molar-refractivity contribution in [3.63, 3.8) is 0 Å². The zero-order valence-electron chi connectivity index (χ0n) is 12.4. The lowest BCUT2D eigenvalue weighted by atomic mass is 10.0. The number of methoxy groups -OCH3 is 3. The van der Waals surface area contributed by atoms with Gasteiger partial charge in [0.05, 0.1) is 40.2 Å². The van der Waals surface area contributed by atoms with E-state index in [1.165, 1.54) is 0 Å². The van der Waals surface area contributed by atoms with Gasteiger partial charge >= 0.3 is 0 Å². The molecule has 1 aliphatic heterocycles. The first-order valence-electron chi connectivity index (χ1n) is 6.72. The first-order valence-corrected chi connectivity index (χ1v) is 6.72. The molecule has 0 spiro atoms. The van der Waals surface area contributed by atoms with Gasteiger partial charge in [0.25, 0.3) is 0 Å².